The lowest BCUT2D eigenvalue weighted by atomic mass is 10.0. The number of anilines is 2. The minimum atomic E-state index is -3.30. The number of nitrogens with zero attached hydrogens (tertiary/aromatic N) is 2. The van der Waals surface area contributed by atoms with Crippen molar-refractivity contribution in [1.29, 1.82) is 0 Å². The van der Waals surface area contributed by atoms with Gasteiger partial charge in [-0.05, 0) is 78.5 Å². The number of nitrogens with one attached hydrogen (secondary N) is 1. The van der Waals surface area contributed by atoms with Crippen molar-refractivity contribution in [3.05, 3.63) is 96.3 Å². The second-order valence-corrected chi connectivity index (χ2v) is 12.0. The van der Waals surface area contributed by atoms with Gasteiger partial charge in [-0.2, -0.15) is 0 Å². The number of pyridine rings is 2. The zero-order chi connectivity index (χ0) is 27.7. The highest BCUT2D eigenvalue weighted by Gasteiger charge is 2.14. The van der Waals surface area contributed by atoms with Gasteiger partial charge in [-0.25, -0.2) is 22.2 Å². The third kappa shape index (κ3) is 5.57. The number of hydrogen-bond acceptors (Lipinski definition) is 7. The molecule has 0 atom stereocenters. The quantitative estimate of drug-likeness (QED) is 0.205. The molecule has 0 bridgehead atoms. The van der Waals surface area contributed by atoms with Crippen molar-refractivity contribution in [2.45, 2.75) is 23.6 Å². The van der Waals surface area contributed by atoms with Gasteiger partial charge in [0, 0.05) is 28.8 Å². The van der Waals surface area contributed by atoms with Gasteiger partial charge in [0.15, 0.2) is 9.84 Å². The number of nitrogen functional groups attached to an aromatic ring is 1. The molecule has 0 aliphatic carbocycles. The second kappa shape index (κ2) is 10.6. The van der Waals surface area contributed by atoms with Crippen LogP contribution in [0.1, 0.15) is 12.6 Å². The fraction of sp³-hybridized carbons (Fsp3) is 0.103. The summed E-state index contributed by atoms with van der Waals surface area (Å²) in [7, 11) is -3.30. The van der Waals surface area contributed by atoms with E-state index in [0.29, 0.717) is 22.6 Å². The van der Waals surface area contributed by atoms with E-state index in [1.807, 2.05) is 37.3 Å². The topological polar surface area (TPSA) is 98.0 Å². The van der Waals surface area contributed by atoms with E-state index >= 15 is 0 Å². The summed E-state index contributed by atoms with van der Waals surface area (Å²) in [5, 5.41) is 0.847. The maximum atomic E-state index is 14.1. The molecule has 0 aliphatic heterocycles. The van der Waals surface area contributed by atoms with Crippen LogP contribution in [0.2, 0.25) is 0 Å². The molecule has 39 heavy (non-hydrogen) atoms. The Morgan fingerprint density at radius 3 is 2.38 bits per heavy atom. The number of aromatic nitrogens is 2. The standard InChI is InChI=1S/C29H24F2N4O2S2/c1-3-39(36,37)23-8-4-18(5-9-23)24-13-20-12-19(6-10-26(20)34-29(24)32)21-14-27(17(2)33-16-21)35-38-28-11-7-22(30)15-25(28)31/h4-16,35H,3H2,1-2H3,(H2,32,34). The van der Waals surface area contributed by atoms with Crippen molar-refractivity contribution in [3.8, 4) is 22.3 Å². The Labute approximate surface area is 229 Å². The van der Waals surface area contributed by atoms with E-state index in [2.05, 4.69) is 14.7 Å². The molecule has 0 aliphatic rings. The van der Waals surface area contributed by atoms with E-state index in [1.165, 1.54) is 12.1 Å². The zero-order valence-electron chi connectivity index (χ0n) is 21.1. The van der Waals surface area contributed by atoms with E-state index in [0.717, 1.165) is 45.8 Å². The first-order chi connectivity index (χ1) is 18.6. The first-order valence-corrected chi connectivity index (χ1v) is 14.5. The molecule has 198 valence electrons. The molecule has 0 fully saturated rings. The Hall–Kier alpha value is -4.02. The summed E-state index contributed by atoms with van der Waals surface area (Å²) in [6.45, 7) is 3.45. The average Bonchev–Trinajstić information content (AvgIpc) is 2.93. The fourth-order valence-electron chi connectivity index (χ4n) is 4.07. The number of hydrogen-bond donors (Lipinski definition) is 2. The van der Waals surface area contributed by atoms with Crippen LogP contribution in [0, 0.1) is 18.6 Å². The molecule has 0 saturated carbocycles. The molecule has 5 aromatic rings. The monoisotopic (exact) mass is 562 g/mol. The molecular weight excluding hydrogens is 538 g/mol. The Balaban J connectivity index is 1.46. The highest BCUT2D eigenvalue weighted by Crippen LogP contribution is 2.33. The van der Waals surface area contributed by atoms with Gasteiger partial charge < -0.3 is 10.5 Å². The van der Waals surface area contributed by atoms with Crippen LogP contribution in [0.3, 0.4) is 0 Å². The molecule has 0 unspecified atom stereocenters. The minimum absolute atomic E-state index is 0.0295. The Kier molecular flexibility index (Phi) is 7.24. The second-order valence-electron chi connectivity index (χ2n) is 8.89. The van der Waals surface area contributed by atoms with Crippen molar-refractivity contribution in [2.24, 2.45) is 0 Å². The summed E-state index contributed by atoms with van der Waals surface area (Å²) in [5.41, 5.74) is 11.6. The summed E-state index contributed by atoms with van der Waals surface area (Å²) >= 11 is 1.04. The van der Waals surface area contributed by atoms with Crippen LogP contribution in [-0.4, -0.2) is 24.1 Å². The van der Waals surface area contributed by atoms with Crippen LogP contribution in [0.25, 0.3) is 33.2 Å². The number of fused-ring (bicyclic) bond motifs is 1. The van der Waals surface area contributed by atoms with Gasteiger partial charge >= 0.3 is 0 Å². The first kappa shape index (κ1) is 26.6. The molecule has 10 heteroatoms. The Morgan fingerprint density at radius 2 is 1.67 bits per heavy atom. The van der Waals surface area contributed by atoms with Crippen LogP contribution in [-0.2, 0) is 9.84 Å². The van der Waals surface area contributed by atoms with Crippen molar-refractivity contribution < 1.29 is 17.2 Å². The summed E-state index contributed by atoms with van der Waals surface area (Å²) in [6.07, 6.45) is 1.75. The third-order valence-electron chi connectivity index (χ3n) is 6.33. The van der Waals surface area contributed by atoms with E-state index < -0.39 is 21.5 Å². The maximum Gasteiger partial charge on any atom is 0.178 e. The Morgan fingerprint density at radius 1 is 0.923 bits per heavy atom. The molecule has 5 rings (SSSR count). The number of rotatable bonds is 7. The van der Waals surface area contributed by atoms with Crippen molar-refractivity contribution in [1.82, 2.24) is 9.97 Å². The fourth-order valence-corrected chi connectivity index (χ4v) is 5.68. The SMILES string of the molecule is CCS(=O)(=O)c1ccc(-c2cc3cc(-c4cnc(C)c(NSc5ccc(F)cc5F)c4)ccc3nc2N)cc1. The third-order valence-corrected chi connectivity index (χ3v) is 8.96. The molecule has 6 nitrogen and oxygen atoms in total. The molecule has 0 saturated heterocycles. The number of benzene rings is 3. The molecule has 3 aromatic carbocycles. The number of halogens is 2. The van der Waals surface area contributed by atoms with Crippen LogP contribution in [0.5, 0.6) is 0 Å². The van der Waals surface area contributed by atoms with Gasteiger partial charge in [0.05, 0.1) is 32.4 Å². The van der Waals surface area contributed by atoms with Gasteiger partial charge in [-0.1, -0.05) is 25.1 Å². The minimum Gasteiger partial charge on any atom is -0.383 e. The number of sulfone groups is 1. The predicted octanol–water partition coefficient (Wildman–Crippen LogP) is 7.05. The van der Waals surface area contributed by atoms with Crippen molar-refractivity contribution in [2.75, 3.05) is 16.2 Å². The number of aryl methyl sites for hydroxylation is 1. The van der Waals surface area contributed by atoms with E-state index in [9.17, 15) is 17.2 Å². The molecule has 0 amide bonds. The first-order valence-electron chi connectivity index (χ1n) is 12.0. The smallest absolute Gasteiger partial charge is 0.178 e. The van der Waals surface area contributed by atoms with Gasteiger partial charge in [-0.3, -0.25) is 4.98 Å². The van der Waals surface area contributed by atoms with Crippen LogP contribution < -0.4 is 10.5 Å². The lowest BCUT2D eigenvalue weighted by Gasteiger charge is -2.12. The lowest BCUT2D eigenvalue weighted by molar-refractivity contribution is 0.566. The molecular formula is C29H24F2N4O2S2. The molecule has 3 N–H and O–H groups in total. The highest BCUT2D eigenvalue weighted by atomic mass is 32.2. The van der Waals surface area contributed by atoms with E-state index in [1.54, 1.807) is 37.4 Å². The summed E-state index contributed by atoms with van der Waals surface area (Å²) in [4.78, 5) is 9.56. The van der Waals surface area contributed by atoms with E-state index in [-0.39, 0.29) is 15.5 Å². The van der Waals surface area contributed by atoms with Crippen LogP contribution in [0.15, 0.2) is 88.8 Å². The van der Waals surface area contributed by atoms with Crippen LogP contribution >= 0.6 is 11.9 Å². The molecule has 2 heterocycles. The lowest BCUT2D eigenvalue weighted by Crippen LogP contribution is -2.03. The van der Waals surface area contributed by atoms with Crippen LogP contribution in [0.4, 0.5) is 20.3 Å². The van der Waals surface area contributed by atoms with Gasteiger partial charge in [0.2, 0.25) is 0 Å². The largest absolute Gasteiger partial charge is 0.383 e. The van der Waals surface area contributed by atoms with Crippen molar-refractivity contribution >= 4 is 44.2 Å². The number of nitrogens with two attached hydrogens (primary N) is 1. The van der Waals surface area contributed by atoms with Gasteiger partial charge in [-0.15, -0.1) is 0 Å². The van der Waals surface area contributed by atoms with Crippen molar-refractivity contribution in [3.63, 3.8) is 0 Å². The summed E-state index contributed by atoms with van der Waals surface area (Å²) < 4.78 is 54.7. The maximum absolute atomic E-state index is 14.1. The molecule has 0 radical (unpaired) electrons. The Bertz CT molecular complexity index is 1810. The van der Waals surface area contributed by atoms with E-state index in [4.69, 9.17) is 5.73 Å². The van der Waals surface area contributed by atoms with Gasteiger partial charge in [0.1, 0.15) is 17.5 Å². The summed E-state index contributed by atoms with van der Waals surface area (Å²) in [6, 6.07) is 19.7. The molecule has 2 aromatic heterocycles. The molecule has 0 spiro atoms. The van der Waals surface area contributed by atoms with Gasteiger partial charge in [0.25, 0.3) is 0 Å². The normalized spacial score (nSPS) is 11.6. The summed E-state index contributed by atoms with van der Waals surface area (Å²) in [5.74, 6) is -0.904. The zero-order valence-corrected chi connectivity index (χ0v) is 22.7. The average molecular weight is 563 g/mol. The highest BCUT2D eigenvalue weighted by molar-refractivity contribution is 8.00. The predicted molar refractivity (Wildman–Crippen MR) is 153 cm³/mol.